The second-order valence-electron chi connectivity index (χ2n) is 8.23. The van der Waals surface area contributed by atoms with Gasteiger partial charge in [0.25, 0.3) is 5.91 Å². The number of methoxy groups -OCH3 is 1. The van der Waals surface area contributed by atoms with E-state index in [1.54, 1.807) is 31.0 Å². The summed E-state index contributed by atoms with van der Waals surface area (Å²) >= 11 is 1.74. The third-order valence-electron chi connectivity index (χ3n) is 5.96. The van der Waals surface area contributed by atoms with E-state index in [1.165, 1.54) is 44.2 Å². The lowest BCUT2D eigenvalue weighted by Crippen LogP contribution is -2.27. The summed E-state index contributed by atoms with van der Waals surface area (Å²) in [5.41, 5.74) is 0.986. The number of nitrogens with one attached hydrogen (secondary N) is 1. The minimum Gasteiger partial charge on any atom is -0.497 e. The molecule has 1 aliphatic carbocycles. The molecule has 6 nitrogen and oxygen atoms in total. The molecule has 1 heterocycles. The maximum atomic E-state index is 13.9. The van der Waals surface area contributed by atoms with Gasteiger partial charge < -0.3 is 10.1 Å². The maximum Gasteiger partial charge on any atom is 0.254 e. The van der Waals surface area contributed by atoms with Gasteiger partial charge in [-0.1, -0.05) is 43.2 Å². The zero-order chi connectivity index (χ0) is 23.0. The van der Waals surface area contributed by atoms with Crippen molar-refractivity contribution in [3.05, 3.63) is 65.7 Å². The van der Waals surface area contributed by atoms with Crippen LogP contribution in [0.4, 0.5) is 4.39 Å². The Balaban J connectivity index is 1.48. The summed E-state index contributed by atoms with van der Waals surface area (Å²) in [6, 6.07) is 13.8. The van der Waals surface area contributed by atoms with Crippen LogP contribution in [-0.4, -0.2) is 40.1 Å². The molecule has 0 saturated heterocycles. The smallest absolute Gasteiger partial charge is 0.254 e. The van der Waals surface area contributed by atoms with Crippen LogP contribution >= 0.6 is 11.8 Å². The summed E-state index contributed by atoms with van der Waals surface area (Å²) in [5.74, 6) is 2.31. The van der Waals surface area contributed by atoms with E-state index in [9.17, 15) is 9.18 Å². The zero-order valence-corrected chi connectivity index (χ0v) is 19.6. The van der Waals surface area contributed by atoms with Crippen molar-refractivity contribution in [2.75, 3.05) is 19.4 Å². The van der Waals surface area contributed by atoms with Crippen LogP contribution in [0.15, 0.2) is 53.7 Å². The van der Waals surface area contributed by atoms with Gasteiger partial charge in [-0.05, 0) is 55.2 Å². The molecule has 1 fully saturated rings. The van der Waals surface area contributed by atoms with Crippen molar-refractivity contribution in [2.24, 2.45) is 5.92 Å². The van der Waals surface area contributed by atoms with Crippen LogP contribution in [-0.2, 0) is 6.42 Å². The van der Waals surface area contributed by atoms with Gasteiger partial charge in [0, 0.05) is 24.4 Å². The van der Waals surface area contributed by atoms with E-state index in [0.29, 0.717) is 18.9 Å². The van der Waals surface area contributed by atoms with E-state index in [4.69, 9.17) is 4.74 Å². The van der Waals surface area contributed by atoms with E-state index >= 15 is 0 Å². The minimum atomic E-state index is -0.530. The number of hydrogen-bond donors (Lipinski definition) is 1. The van der Waals surface area contributed by atoms with E-state index in [2.05, 4.69) is 15.5 Å². The van der Waals surface area contributed by atoms with Crippen LogP contribution in [0.2, 0.25) is 0 Å². The molecule has 0 radical (unpaired) electrons. The fourth-order valence-corrected chi connectivity index (χ4v) is 5.28. The average molecular weight is 469 g/mol. The van der Waals surface area contributed by atoms with Gasteiger partial charge in [-0.25, -0.2) is 4.39 Å². The molecule has 0 spiro atoms. The van der Waals surface area contributed by atoms with Gasteiger partial charge >= 0.3 is 0 Å². The lowest BCUT2D eigenvalue weighted by atomic mass is 9.91. The number of nitrogens with zero attached hydrogens (tertiary/aromatic N) is 3. The summed E-state index contributed by atoms with van der Waals surface area (Å²) in [5, 5.41) is 12.5. The Morgan fingerprint density at radius 1 is 1.12 bits per heavy atom. The number of carbonyl (C=O) groups is 1. The highest BCUT2D eigenvalue weighted by molar-refractivity contribution is 7.99. The summed E-state index contributed by atoms with van der Waals surface area (Å²) in [6.45, 7) is 0.328. The topological polar surface area (TPSA) is 69.0 Å². The Morgan fingerprint density at radius 3 is 2.61 bits per heavy atom. The summed E-state index contributed by atoms with van der Waals surface area (Å²) in [7, 11) is 1.64. The number of rotatable bonds is 9. The number of ether oxygens (including phenoxy) is 1. The standard InChI is InChI=1S/C25H29FN4O2S/c1-32-20-13-11-19(12-14-20)30-23(15-16-27-24(31)21-9-5-6-10-22(21)26)28-29-25(30)33-17-18-7-3-2-4-8-18/h5-6,9-14,18H,2-4,7-8,15-17H2,1H3,(H,27,31). The number of thioether (sulfide) groups is 1. The van der Waals surface area contributed by atoms with Crippen molar-refractivity contribution in [3.63, 3.8) is 0 Å². The quantitative estimate of drug-likeness (QED) is 0.445. The molecule has 8 heteroatoms. The molecular weight excluding hydrogens is 439 g/mol. The largest absolute Gasteiger partial charge is 0.497 e. The number of aromatic nitrogens is 3. The van der Waals surface area contributed by atoms with Crippen molar-refractivity contribution < 1.29 is 13.9 Å². The van der Waals surface area contributed by atoms with Crippen LogP contribution < -0.4 is 10.1 Å². The van der Waals surface area contributed by atoms with E-state index < -0.39 is 11.7 Å². The van der Waals surface area contributed by atoms with Crippen LogP contribution in [0.3, 0.4) is 0 Å². The van der Waals surface area contributed by atoms with Gasteiger partial charge in [-0.15, -0.1) is 10.2 Å². The third-order valence-corrected chi connectivity index (χ3v) is 7.12. The number of hydrogen-bond acceptors (Lipinski definition) is 5. The number of amides is 1. The van der Waals surface area contributed by atoms with E-state index in [-0.39, 0.29) is 5.56 Å². The Labute approximate surface area is 197 Å². The Hall–Kier alpha value is -2.87. The van der Waals surface area contributed by atoms with Crippen molar-refractivity contribution in [3.8, 4) is 11.4 Å². The van der Waals surface area contributed by atoms with E-state index in [1.807, 2.05) is 28.8 Å². The summed E-state index contributed by atoms with van der Waals surface area (Å²) in [6.07, 6.45) is 6.99. The highest BCUT2D eigenvalue weighted by atomic mass is 32.2. The fourth-order valence-electron chi connectivity index (χ4n) is 4.12. The molecule has 1 N–H and O–H groups in total. The molecule has 4 rings (SSSR count). The molecule has 0 bridgehead atoms. The molecule has 174 valence electrons. The normalized spacial score (nSPS) is 14.2. The second-order valence-corrected chi connectivity index (χ2v) is 9.22. The Morgan fingerprint density at radius 2 is 1.88 bits per heavy atom. The molecule has 0 atom stereocenters. The molecule has 1 aromatic heterocycles. The first-order valence-electron chi connectivity index (χ1n) is 11.4. The van der Waals surface area contributed by atoms with Crippen molar-refractivity contribution >= 4 is 17.7 Å². The van der Waals surface area contributed by atoms with Crippen molar-refractivity contribution in [1.82, 2.24) is 20.1 Å². The van der Waals surface area contributed by atoms with Crippen molar-refractivity contribution in [2.45, 2.75) is 43.7 Å². The highest BCUT2D eigenvalue weighted by Gasteiger charge is 2.19. The fraction of sp³-hybridized carbons (Fsp3) is 0.400. The average Bonchev–Trinajstić information content (AvgIpc) is 3.26. The summed E-state index contributed by atoms with van der Waals surface area (Å²) < 4.78 is 21.2. The van der Waals surface area contributed by atoms with E-state index in [0.717, 1.165) is 28.2 Å². The monoisotopic (exact) mass is 468 g/mol. The summed E-state index contributed by atoms with van der Waals surface area (Å²) in [4.78, 5) is 12.4. The predicted molar refractivity (Wildman–Crippen MR) is 128 cm³/mol. The first-order chi connectivity index (χ1) is 16.2. The van der Waals surface area contributed by atoms with Gasteiger partial charge in [-0.2, -0.15) is 0 Å². The van der Waals surface area contributed by atoms with Gasteiger partial charge in [0.2, 0.25) is 0 Å². The van der Waals surface area contributed by atoms with Crippen LogP contribution in [0.5, 0.6) is 5.75 Å². The molecule has 3 aromatic rings. The molecule has 0 aliphatic heterocycles. The highest BCUT2D eigenvalue weighted by Crippen LogP contribution is 2.31. The van der Waals surface area contributed by atoms with Gasteiger partial charge in [0.1, 0.15) is 17.4 Å². The molecule has 33 heavy (non-hydrogen) atoms. The maximum absolute atomic E-state index is 13.9. The van der Waals surface area contributed by atoms with Gasteiger partial charge in [0.15, 0.2) is 5.16 Å². The van der Waals surface area contributed by atoms with Crippen LogP contribution in [0.25, 0.3) is 5.69 Å². The van der Waals surface area contributed by atoms with Crippen LogP contribution in [0.1, 0.15) is 48.3 Å². The zero-order valence-electron chi connectivity index (χ0n) is 18.8. The SMILES string of the molecule is COc1ccc(-n2c(CCNC(=O)c3ccccc3F)nnc2SCC2CCCCC2)cc1. The second kappa shape index (κ2) is 11.3. The molecule has 1 amide bonds. The first kappa shape index (κ1) is 23.3. The predicted octanol–water partition coefficient (Wildman–Crippen LogP) is 5.06. The molecule has 0 unspecified atom stereocenters. The number of benzene rings is 2. The number of carbonyl (C=O) groups excluding carboxylic acids is 1. The van der Waals surface area contributed by atoms with Gasteiger partial charge in [-0.3, -0.25) is 9.36 Å². The molecule has 2 aromatic carbocycles. The minimum absolute atomic E-state index is 0.0397. The molecule has 1 aliphatic rings. The lowest BCUT2D eigenvalue weighted by Gasteiger charge is -2.20. The Bertz CT molecular complexity index is 1060. The lowest BCUT2D eigenvalue weighted by molar-refractivity contribution is 0.0950. The number of halogens is 1. The van der Waals surface area contributed by atoms with Crippen LogP contribution in [0, 0.1) is 11.7 Å². The molecular formula is C25H29FN4O2S. The first-order valence-corrected chi connectivity index (χ1v) is 12.4. The Kier molecular flexibility index (Phi) is 7.99. The third kappa shape index (κ3) is 5.93. The molecule has 1 saturated carbocycles. The van der Waals surface area contributed by atoms with Gasteiger partial charge in [0.05, 0.1) is 12.7 Å². The van der Waals surface area contributed by atoms with Crippen molar-refractivity contribution in [1.29, 1.82) is 0 Å².